The normalized spacial score (nSPS) is 11.5. The molecule has 0 aliphatic rings. The van der Waals surface area contributed by atoms with Crippen LogP contribution in [0.4, 0.5) is 0 Å². The van der Waals surface area contributed by atoms with Gasteiger partial charge in [0.15, 0.2) is 5.96 Å². The van der Waals surface area contributed by atoms with Gasteiger partial charge in [0.1, 0.15) is 0 Å². The maximum Gasteiger partial charge on any atom is 0.191 e. The number of hydrogen-bond donors (Lipinski definition) is 2. The number of rotatable bonds is 10. The Hall–Kier alpha value is -2.38. The molecule has 0 saturated carbocycles. The standard InChI is InChI=1S/C18H27N5O2/c1-19-18(20-9-6-10-25-12-11-24-2)21-13-16-14-22-23(15-16)17-7-4-3-5-8-17/h3-5,7-8,14-15H,6,9-13H2,1-2H3,(H2,19,20,21). The second-order valence-corrected chi connectivity index (χ2v) is 5.44. The quantitative estimate of drug-likeness (QED) is 0.389. The van der Waals surface area contributed by atoms with E-state index in [1.807, 2.05) is 47.4 Å². The molecule has 0 bridgehead atoms. The summed E-state index contributed by atoms with van der Waals surface area (Å²) >= 11 is 0. The molecule has 0 saturated heterocycles. The van der Waals surface area contributed by atoms with Crippen LogP contribution < -0.4 is 10.6 Å². The predicted molar refractivity (Wildman–Crippen MR) is 99.1 cm³/mol. The Morgan fingerprint density at radius 3 is 2.76 bits per heavy atom. The number of ether oxygens (including phenoxy) is 2. The van der Waals surface area contributed by atoms with Crippen LogP contribution in [0.2, 0.25) is 0 Å². The maximum atomic E-state index is 5.43. The van der Waals surface area contributed by atoms with Crippen molar-refractivity contribution in [2.24, 2.45) is 4.99 Å². The van der Waals surface area contributed by atoms with Gasteiger partial charge < -0.3 is 20.1 Å². The third kappa shape index (κ3) is 6.94. The SMILES string of the molecule is CN=C(NCCCOCCOC)NCc1cnn(-c2ccccc2)c1. The van der Waals surface area contributed by atoms with Gasteiger partial charge in [-0.3, -0.25) is 4.99 Å². The van der Waals surface area contributed by atoms with Crippen molar-refractivity contribution >= 4 is 5.96 Å². The van der Waals surface area contributed by atoms with Crippen LogP contribution in [0.5, 0.6) is 0 Å². The van der Waals surface area contributed by atoms with Crippen molar-refractivity contribution in [3.8, 4) is 5.69 Å². The van der Waals surface area contributed by atoms with Crippen molar-refractivity contribution in [2.45, 2.75) is 13.0 Å². The second-order valence-electron chi connectivity index (χ2n) is 5.44. The highest BCUT2D eigenvalue weighted by Crippen LogP contribution is 2.07. The number of aliphatic imine (C=N–C) groups is 1. The van der Waals surface area contributed by atoms with Crippen LogP contribution in [0.1, 0.15) is 12.0 Å². The molecule has 7 heteroatoms. The Morgan fingerprint density at radius 2 is 2.00 bits per heavy atom. The first-order chi connectivity index (χ1) is 12.3. The molecule has 136 valence electrons. The van der Waals surface area contributed by atoms with Crippen molar-refractivity contribution in [3.63, 3.8) is 0 Å². The zero-order chi connectivity index (χ0) is 17.7. The van der Waals surface area contributed by atoms with E-state index in [2.05, 4.69) is 20.7 Å². The summed E-state index contributed by atoms with van der Waals surface area (Å²) in [5, 5.41) is 10.9. The number of benzene rings is 1. The molecule has 0 unspecified atom stereocenters. The van der Waals surface area contributed by atoms with E-state index < -0.39 is 0 Å². The zero-order valence-electron chi connectivity index (χ0n) is 14.9. The van der Waals surface area contributed by atoms with Crippen LogP contribution in [-0.2, 0) is 16.0 Å². The van der Waals surface area contributed by atoms with E-state index in [1.54, 1.807) is 14.2 Å². The minimum atomic E-state index is 0.632. The molecule has 0 radical (unpaired) electrons. The number of nitrogens with one attached hydrogen (secondary N) is 2. The summed E-state index contributed by atoms with van der Waals surface area (Å²) in [5.41, 5.74) is 2.14. The summed E-state index contributed by atoms with van der Waals surface area (Å²) in [4.78, 5) is 4.22. The highest BCUT2D eigenvalue weighted by Gasteiger charge is 2.02. The molecule has 0 spiro atoms. The third-order valence-electron chi connectivity index (χ3n) is 3.53. The minimum absolute atomic E-state index is 0.632. The highest BCUT2D eigenvalue weighted by atomic mass is 16.5. The second kappa shape index (κ2) is 11.2. The lowest BCUT2D eigenvalue weighted by Gasteiger charge is -2.11. The maximum absolute atomic E-state index is 5.43. The Labute approximate surface area is 149 Å². The molecule has 1 aromatic heterocycles. The third-order valence-corrected chi connectivity index (χ3v) is 3.53. The van der Waals surface area contributed by atoms with Crippen LogP contribution in [0.25, 0.3) is 5.69 Å². The first kappa shape index (κ1) is 19.0. The average molecular weight is 345 g/mol. The van der Waals surface area contributed by atoms with Crippen molar-refractivity contribution < 1.29 is 9.47 Å². The van der Waals surface area contributed by atoms with Gasteiger partial charge in [-0.25, -0.2) is 4.68 Å². The van der Waals surface area contributed by atoms with Crippen molar-refractivity contribution in [1.82, 2.24) is 20.4 Å². The largest absolute Gasteiger partial charge is 0.382 e. The summed E-state index contributed by atoms with van der Waals surface area (Å²) in [7, 11) is 3.43. The number of methoxy groups -OCH3 is 1. The molecule has 2 aromatic rings. The lowest BCUT2D eigenvalue weighted by atomic mass is 10.3. The Morgan fingerprint density at radius 1 is 1.16 bits per heavy atom. The Balaban J connectivity index is 1.68. The molecular formula is C18H27N5O2. The highest BCUT2D eigenvalue weighted by molar-refractivity contribution is 5.79. The van der Waals surface area contributed by atoms with E-state index in [1.165, 1.54) is 0 Å². The lowest BCUT2D eigenvalue weighted by molar-refractivity contribution is 0.0698. The fraction of sp³-hybridized carbons (Fsp3) is 0.444. The van der Waals surface area contributed by atoms with E-state index in [-0.39, 0.29) is 0 Å². The van der Waals surface area contributed by atoms with Crippen molar-refractivity contribution in [3.05, 3.63) is 48.3 Å². The van der Waals surface area contributed by atoms with Gasteiger partial charge in [-0.15, -0.1) is 0 Å². The molecule has 7 nitrogen and oxygen atoms in total. The fourth-order valence-corrected chi connectivity index (χ4v) is 2.21. The van der Waals surface area contributed by atoms with E-state index in [9.17, 15) is 0 Å². The van der Waals surface area contributed by atoms with E-state index in [4.69, 9.17) is 9.47 Å². The van der Waals surface area contributed by atoms with Crippen LogP contribution in [0.15, 0.2) is 47.7 Å². The summed E-state index contributed by atoms with van der Waals surface area (Å²) in [6.45, 7) is 3.44. The molecule has 0 amide bonds. The summed E-state index contributed by atoms with van der Waals surface area (Å²) in [5.74, 6) is 0.768. The van der Waals surface area contributed by atoms with Gasteiger partial charge in [0, 0.05) is 45.6 Å². The molecule has 0 aliphatic heterocycles. The minimum Gasteiger partial charge on any atom is -0.382 e. The van der Waals surface area contributed by atoms with Gasteiger partial charge in [0.25, 0.3) is 0 Å². The number of nitrogens with zero attached hydrogens (tertiary/aromatic N) is 3. The smallest absolute Gasteiger partial charge is 0.191 e. The molecular weight excluding hydrogens is 318 g/mol. The van der Waals surface area contributed by atoms with Gasteiger partial charge in [-0.05, 0) is 18.6 Å². The Bertz CT molecular complexity index is 627. The number of hydrogen-bond acceptors (Lipinski definition) is 4. The predicted octanol–water partition coefficient (Wildman–Crippen LogP) is 1.59. The van der Waals surface area contributed by atoms with Crippen molar-refractivity contribution in [1.29, 1.82) is 0 Å². The van der Waals surface area contributed by atoms with Crippen LogP contribution >= 0.6 is 0 Å². The molecule has 25 heavy (non-hydrogen) atoms. The van der Waals surface area contributed by atoms with Gasteiger partial charge in [-0.2, -0.15) is 5.10 Å². The first-order valence-corrected chi connectivity index (χ1v) is 8.43. The molecule has 0 aliphatic carbocycles. The van der Waals surface area contributed by atoms with Crippen molar-refractivity contribution in [2.75, 3.05) is 40.5 Å². The van der Waals surface area contributed by atoms with Gasteiger partial charge >= 0.3 is 0 Å². The Kier molecular flexibility index (Phi) is 8.51. The van der Waals surface area contributed by atoms with E-state index >= 15 is 0 Å². The number of guanidine groups is 1. The molecule has 2 N–H and O–H groups in total. The average Bonchev–Trinajstić information content (AvgIpc) is 3.13. The lowest BCUT2D eigenvalue weighted by Crippen LogP contribution is -2.37. The molecule has 1 aromatic carbocycles. The fourth-order valence-electron chi connectivity index (χ4n) is 2.21. The van der Waals surface area contributed by atoms with E-state index in [0.717, 1.165) is 30.2 Å². The monoisotopic (exact) mass is 345 g/mol. The molecule has 0 atom stereocenters. The van der Waals surface area contributed by atoms with Gasteiger partial charge in [0.2, 0.25) is 0 Å². The van der Waals surface area contributed by atoms with Crippen LogP contribution in [0, 0.1) is 0 Å². The van der Waals surface area contributed by atoms with E-state index in [0.29, 0.717) is 26.4 Å². The summed E-state index contributed by atoms with van der Waals surface area (Å²) < 4.78 is 12.2. The molecule has 1 heterocycles. The summed E-state index contributed by atoms with van der Waals surface area (Å²) in [6.07, 6.45) is 4.78. The first-order valence-electron chi connectivity index (χ1n) is 8.43. The van der Waals surface area contributed by atoms with Crippen LogP contribution in [-0.4, -0.2) is 56.3 Å². The summed E-state index contributed by atoms with van der Waals surface area (Å²) in [6, 6.07) is 10.0. The topological polar surface area (TPSA) is 72.7 Å². The van der Waals surface area contributed by atoms with Crippen LogP contribution in [0.3, 0.4) is 0 Å². The van der Waals surface area contributed by atoms with Gasteiger partial charge in [-0.1, -0.05) is 18.2 Å². The van der Waals surface area contributed by atoms with Gasteiger partial charge in [0.05, 0.1) is 25.1 Å². The zero-order valence-corrected chi connectivity index (χ0v) is 14.9. The molecule has 2 rings (SSSR count). The molecule has 0 fully saturated rings. The number of para-hydroxylation sites is 1. The number of aromatic nitrogens is 2.